The number of aliphatic hydroxyl groups excluding tert-OH is 1. The van der Waals surface area contributed by atoms with E-state index in [2.05, 4.69) is 52.0 Å². The second kappa shape index (κ2) is 72.9. The molecule has 0 rings (SSSR count). The molecule has 19 heteroatoms. The van der Waals surface area contributed by atoms with Crippen molar-refractivity contribution in [1.82, 2.24) is 0 Å². The molecule has 0 saturated heterocycles. The highest BCUT2D eigenvalue weighted by Gasteiger charge is 2.30. The van der Waals surface area contributed by atoms with E-state index in [4.69, 9.17) is 37.0 Å². The van der Waals surface area contributed by atoms with Gasteiger partial charge in [0, 0.05) is 25.7 Å². The number of aliphatic hydroxyl groups is 1. The summed E-state index contributed by atoms with van der Waals surface area (Å²) < 4.78 is 68.6. The Morgan fingerprint density at radius 1 is 0.276 bits per heavy atom. The van der Waals surface area contributed by atoms with Gasteiger partial charge in [0.2, 0.25) is 0 Å². The molecule has 0 aromatic rings. The Labute approximate surface area is 599 Å². The van der Waals surface area contributed by atoms with Gasteiger partial charge in [0.1, 0.15) is 19.3 Å². The lowest BCUT2D eigenvalue weighted by Crippen LogP contribution is -2.30. The summed E-state index contributed by atoms with van der Waals surface area (Å²) in [5.41, 5.74) is 0. The van der Waals surface area contributed by atoms with E-state index in [9.17, 15) is 43.2 Å². The topological polar surface area (TPSA) is 237 Å². The number of phosphoric acid groups is 2. The fourth-order valence-corrected chi connectivity index (χ4v) is 13.3. The third-order valence-electron chi connectivity index (χ3n) is 17.9. The average Bonchev–Trinajstić information content (AvgIpc) is 0.959. The highest BCUT2D eigenvalue weighted by Crippen LogP contribution is 2.45. The second-order valence-corrected chi connectivity index (χ2v) is 30.6. The van der Waals surface area contributed by atoms with Gasteiger partial charge in [-0.3, -0.25) is 37.3 Å². The Kier molecular flexibility index (Phi) is 71.0. The molecule has 0 fully saturated rings. The third-order valence-corrected chi connectivity index (χ3v) is 19.8. The summed E-state index contributed by atoms with van der Waals surface area (Å²) in [5, 5.41) is 10.6. The Balaban J connectivity index is 5.30. The summed E-state index contributed by atoms with van der Waals surface area (Å²) in [6, 6.07) is 0. The van der Waals surface area contributed by atoms with Gasteiger partial charge in [-0.1, -0.05) is 322 Å². The van der Waals surface area contributed by atoms with Gasteiger partial charge in [0.05, 0.1) is 26.4 Å². The van der Waals surface area contributed by atoms with Gasteiger partial charge in [0.15, 0.2) is 12.2 Å². The molecule has 98 heavy (non-hydrogen) atoms. The molecule has 2 unspecified atom stereocenters. The van der Waals surface area contributed by atoms with Crippen molar-refractivity contribution in [2.75, 3.05) is 39.6 Å². The molecule has 0 aromatic heterocycles. The minimum atomic E-state index is -4.96. The number of carbonyl (C=O) groups excluding carboxylic acids is 4. The van der Waals surface area contributed by atoms with Gasteiger partial charge < -0.3 is 33.8 Å². The molecule has 0 aromatic carbocycles. The van der Waals surface area contributed by atoms with Crippen molar-refractivity contribution < 1.29 is 80.2 Å². The van der Waals surface area contributed by atoms with Crippen LogP contribution in [0.1, 0.15) is 400 Å². The maximum absolute atomic E-state index is 13.1. The van der Waals surface area contributed by atoms with Crippen LogP contribution in [0.25, 0.3) is 0 Å². The van der Waals surface area contributed by atoms with Crippen LogP contribution in [-0.4, -0.2) is 96.7 Å². The predicted octanol–water partition coefficient (Wildman–Crippen LogP) is 23.3. The van der Waals surface area contributed by atoms with Crippen molar-refractivity contribution >= 4 is 39.5 Å². The zero-order chi connectivity index (χ0) is 71.8. The molecule has 0 heterocycles. The first kappa shape index (κ1) is 95.5. The maximum Gasteiger partial charge on any atom is 0.472 e. The Morgan fingerprint density at radius 2 is 0.469 bits per heavy atom. The normalized spacial score (nSPS) is 14.0. The zero-order valence-corrected chi connectivity index (χ0v) is 65.0. The standard InChI is InChI=1S/C79H150O17P2/c1-5-9-13-17-21-25-29-33-36-40-43-47-51-55-59-63-76(81)89-69-74(95-78(83)65-61-57-53-49-45-39-32-28-24-20-16-12-8-4)71-93-97(85,86)91-67-73(80)68-92-98(87,88)94-72-75(96-79(84)66-62-58-54-50-46-42-38-35-31-27-23-19-15-11-7-3)70-90-77(82)64-60-56-52-48-44-41-37-34-30-26-22-18-14-10-6-2/h33-34,36-37,73-75,80H,5-32,35,38-72H2,1-4H3,(H,85,86)(H,87,88)/b36-33-,37-34-/t73-,74+,75+/m0/s1. The van der Waals surface area contributed by atoms with Crippen molar-refractivity contribution in [3.63, 3.8) is 0 Å². The number of esters is 4. The smallest absolute Gasteiger partial charge is 0.462 e. The second-order valence-electron chi connectivity index (χ2n) is 27.7. The van der Waals surface area contributed by atoms with Crippen LogP contribution in [0, 0.1) is 0 Å². The largest absolute Gasteiger partial charge is 0.472 e. The van der Waals surface area contributed by atoms with Crippen LogP contribution in [0.3, 0.4) is 0 Å². The first-order chi connectivity index (χ1) is 47.7. The molecule has 0 amide bonds. The van der Waals surface area contributed by atoms with Gasteiger partial charge in [-0.2, -0.15) is 0 Å². The quantitative estimate of drug-likeness (QED) is 0.0169. The minimum absolute atomic E-state index is 0.103. The average molecular weight is 1430 g/mol. The van der Waals surface area contributed by atoms with Gasteiger partial charge in [0.25, 0.3) is 0 Å². The van der Waals surface area contributed by atoms with E-state index in [1.54, 1.807) is 0 Å². The molecule has 5 atom stereocenters. The number of ether oxygens (including phenoxy) is 4. The van der Waals surface area contributed by atoms with Crippen molar-refractivity contribution in [3.05, 3.63) is 24.3 Å². The van der Waals surface area contributed by atoms with Crippen LogP contribution in [0.2, 0.25) is 0 Å². The molecule has 0 bridgehead atoms. The Morgan fingerprint density at radius 3 is 0.704 bits per heavy atom. The predicted molar refractivity (Wildman–Crippen MR) is 400 cm³/mol. The highest BCUT2D eigenvalue weighted by atomic mass is 31.2. The van der Waals surface area contributed by atoms with Gasteiger partial charge in [-0.25, -0.2) is 9.13 Å². The molecule has 17 nitrogen and oxygen atoms in total. The molecule has 3 N–H and O–H groups in total. The number of rotatable bonds is 78. The lowest BCUT2D eigenvalue weighted by Gasteiger charge is -2.21. The van der Waals surface area contributed by atoms with Gasteiger partial charge >= 0.3 is 39.5 Å². The van der Waals surface area contributed by atoms with Crippen LogP contribution >= 0.6 is 15.6 Å². The summed E-state index contributed by atoms with van der Waals surface area (Å²) in [7, 11) is -9.93. The van der Waals surface area contributed by atoms with Crippen molar-refractivity contribution in [2.24, 2.45) is 0 Å². The summed E-state index contributed by atoms with van der Waals surface area (Å²) in [6.45, 7) is 4.96. The SMILES string of the molecule is CCCCCCCC/C=C\CCCCCCCC(=O)OC[C@H](COP(=O)(O)OC[C@H](O)COP(=O)(O)OC[C@@H](COC(=O)CCCCCCC/C=C\CCCCCCCC)OC(=O)CCCCCCCCCCCCCCCCC)OC(=O)CCCCCCCCCCCCCCC. The summed E-state index contributed by atoms with van der Waals surface area (Å²) in [6.07, 6.45) is 67.2. The molecule has 0 saturated carbocycles. The van der Waals surface area contributed by atoms with E-state index in [0.717, 1.165) is 128 Å². The molecule has 0 aliphatic rings. The third kappa shape index (κ3) is 71.9. The van der Waals surface area contributed by atoms with Crippen LogP contribution in [0.15, 0.2) is 24.3 Å². The summed E-state index contributed by atoms with van der Waals surface area (Å²) >= 11 is 0. The monoisotopic (exact) mass is 1430 g/mol. The molecular formula is C79H150O17P2. The molecular weight excluding hydrogens is 1280 g/mol. The number of allylic oxidation sites excluding steroid dienone is 4. The number of phosphoric ester groups is 2. The minimum Gasteiger partial charge on any atom is -0.462 e. The Hall–Kier alpha value is -2.46. The highest BCUT2D eigenvalue weighted by molar-refractivity contribution is 7.47. The van der Waals surface area contributed by atoms with E-state index >= 15 is 0 Å². The number of carbonyl (C=O) groups is 4. The van der Waals surface area contributed by atoms with Crippen LogP contribution < -0.4 is 0 Å². The number of hydrogen-bond donors (Lipinski definition) is 3. The van der Waals surface area contributed by atoms with Gasteiger partial charge in [-0.05, 0) is 77.0 Å². The number of unbranched alkanes of at least 4 members (excludes halogenated alkanes) is 48. The first-order valence-electron chi connectivity index (χ1n) is 40.6. The summed E-state index contributed by atoms with van der Waals surface area (Å²) in [5.74, 6) is -2.14. The fraction of sp³-hybridized carbons (Fsp3) is 0.899. The van der Waals surface area contributed by atoms with Crippen LogP contribution in [-0.2, 0) is 65.4 Å². The van der Waals surface area contributed by atoms with E-state index in [1.165, 1.54) is 193 Å². The van der Waals surface area contributed by atoms with E-state index in [1.807, 2.05) is 0 Å². The molecule has 0 radical (unpaired) electrons. The molecule has 578 valence electrons. The Bertz CT molecular complexity index is 1950. The molecule has 0 aliphatic carbocycles. The van der Waals surface area contributed by atoms with Crippen molar-refractivity contribution in [2.45, 2.75) is 418 Å². The van der Waals surface area contributed by atoms with Crippen molar-refractivity contribution in [3.8, 4) is 0 Å². The van der Waals surface area contributed by atoms with E-state index < -0.39 is 97.5 Å². The van der Waals surface area contributed by atoms with Crippen LogP contribution in [0.5, 0.6) is 0 Å². The summed E-state index contributed by atoms with van der Waals surface area (Å²) in [4.78, 5) is 73.0. The molecule has 0 spiro atoms. The first-order valence-corrected chi connectivity index (χ1v) is 43.6. The lowest BCUT2D eigenvalue weighted by molar-refractivity contribution is -0.161. The number of hydrogen-bond acceptors (Lipinski definition) is 15. The maximum atomic E-state index is 13.1. The van der Waals surface area contributed by atoms with Crippen molar-refractivity contribution in [1.29, 1.82) is 0 Å². The molecule has 0 aliphatic heterocycles. The zero-order valence-electron chi connectivity index (χ0n) is 63.2. The van der Waals surface area contributed by atoms with Crippen LogP contribution in [0.4, 0.5) is 0 Å². The lowest BCUT2D eigenvalue weighted by atomic mass is 10.0. The van der Waals surface area contributed by atoms with Gasteiger partial charge in [-0.15, -0.1) is 0 Å². The van der Waals surface area contributed by atoms with E-state index in [-0.39, 0.29) is 25.7 Å². The fourth-order valence-electron chi connectivity index (χ4n) is 11.7. The van der Waals surface area contributed by atoms with E-state index in [0.29, 0.717) is 25.7 Å².